The molecule has 0 aliphatic rings. The summed E-state index contributed by atoms with van der Waals surface area (Å²) in [6.45, 7) is 15.1. The van der Waals surface area contributed by atoms with Gasteiger partial charge in [0.05, 0.1) is 26.2 Å². The van der Waals surface area contributed by atoms with Crippen LogP contribution in [0, 0.1) is 0 Å². The van der Waals surface area contributed by atoms with E-state index in [2.05, 4.69) is 39.8 Å². The minimum Gasteiger partial charge on any atom is -0.324 e. The quantitative estimate of drug-likeness (QED) is 0.0758. The Balaban J connectivity index is 3.80. The van der Waals surface area contributed by atoms with E-state index in [9.17, 15) is 0 Å². The molecule has 0 rings (SSSR count). The van der Waals surface area contributed by atoms with Gasteiger partial charge in [0.1, 0.15) is 0 Å². The van der Waals surface area contributed by atoms with Crippen LogP contribution >= 0.6 is 0 Å². The van der Waals surface area contributed by atoms with Crippen LogP contribution in [-0.2, 0) is 0 Å². The number of quaternary nitrogens is 1. The third kappa shape index (κ3) is 20.1. The maximum absolute atomic E-state index is 2.45. The molecule has 0 amide bonds. The summed E-state index contributed by atoms with van der Waals surface area (Å²) in [4.78, 5) is 0. The van der Waals surface area contributed by atoms with Crippen LogP contribution < -0.4 is 0 Å². The highest BCUT2D eigenvalue weighted by atomic mass is 15.3. The van der Waals surface area contributed by atoms with Crippen molar-refractivity contribution in [2.24, 2.45) is 0 Å². The number of hydrogen-bond acceptors (Lipinski definition) is 0. The lowest BCUT2D eigenvalue weighted by Crippen LogP contribution is -2.50. The van der Waals surface area contributed by atoms with E-state index in [-0.39, 0.29) is 0 Å². The average Bonchev–Trinajstić information content (AvgIpc) is 2.79. The van der Waals surface area contributed by atoms with Crippen LogP contribution in [0.25, 0.3) is 0 Å². The zero-order valence-electron chi connectivity index (χ0n) is 22.6. The molecule has 0 aromatic heterocycles. The second-order valence-corrected chi connectivity index (χ2v) is 10.2. The fourth-order valence-electron chi connectivity index (χ4n) is 4.85. The van der Waals surface area contributed by atoms with E-state index in [1.165, 1.54) is 159 Å². The lowest BCUT2D eigenvalue weighted by molar-refractivity contribution is -0.929. The van der Waals surface area contributed by atoms with Crippen molar-refractivity contribution >= 4 is 0 Å². The third-order valence-electron chi connectivity index (χ3n) is 7.10. The van der Waals surface area contributed by atoms with Crippen LogP contribution in [0.15, 0.2) is 12.2 Å². The molecule has 0 saturated heterocycles. The molecule has 1 nitrogen and oxygen atoms in total. The molecule has 1 heteroatoms. The van der Waals surface area contributed by atoms with Crippen molar-refractivity contribution in [1.82, 2.24) is 0 Å². The van der Waals surface area contributed by atoms with Crippen molar-refractivity contribution in [3.63, 3.8) is 0 Å². The fraction of sp³-hybridized carbons (Fsp3) is 0.933. The van der Waals surface area contributed by atoms with Crippen LogP contribution in [0.4, 0.5) is 0 Å². The van der Waals surface area contributed by atoms with Gasteiger partial charge in [-0.1, -0.05) is 110 Å². The van der Waals surface area contributed by atoms with Gasteiger partial charge < -0.3 is 4.48 Å². The zero-order valence-corrected chi connectivity index (χ0v) is 22.6. The highest BCUT2D eigenvalue weighted by Crippen LogP contribution is 2.18. The van der Waals surface area contributed by atoms with Gasteiger partial charge in [-0.15, -0.1) is 0 Å². The van der Waals surface area contributed by atoms with Crippen LogP contribution in [0.1, 0.15) is 156 Å². The van der Waals surface area contributed by atoms with E-state index in [4.69, 9.17) is 0 Å². The van der Waals surface area contributed by atoms with Gasteiger partial charge in [0.2, 0.25) is 0 Å². The molecule has 0 N–H and O–H groups in total. The summed E-state index contributed by atoms with van der Waals surface area (Å²) in [5.41, 5.74) is 0. The van der Waals surface area contributed by atoms with Gasteiger partial charge in [0.15, 0.2) is 0 Å². The Morgan fingerprint density at radius 2 is 0.677 bits per heavy atom. The summed E-state index contributed by atoms with van der Waals surface area (Å²) in [7, 11) is 0. The number of nitrogens with zero attached hydrogens (tertiary/aromatic N) is 1. The molecule has 0 saturated carbocycles. The number of allylic oxidation sites excluding steroid dienone is 2. The standard InChI is InChI=1S/C30H62N/c1-5-9-13-14-15-16-17-18-19-20-21-22-23-24-25-26-30-31(27-10-6-2,28-11-7-3)29-12-8-4/h18-19H,5-17,20-30H2,1-4H3/q+1/b19-18-. The van der Waals surface area contributed by atoms with Crippen molar-refractivity contribution in [2.75, 3.05) is 26.2 Å². The molecule has 0 radical (unpaired) electrons. The normalized spacial score (nSPS) is 12.3. The summed E-state index contributed by atoms with van der Waals surface area (Å²) in [6, 6.07) is 0. The molecule has 0 fully saturated rings. The Kier molecular flexibility index (Phi) is 24.1. The summed E-state index contributed by atoms with van der Waals surface area (Å²) >= 11 is 0. The molecule has 0 spiro atoms. The van der Waals surface area contributed by atoms with Crippen LogP contribution in [0.2, 0.25) is 0 Å². The molecule has 0 bridgehead atoms. The van der Waals surface area contributed by atoms with Crippen molar-refractivity contribution in [2.45, 2.75) is 156 Å². The number of rotatable bonds is 25. The predicted octanol–water partition coefficient (Wildman–Crippen LogP) is 10.2. The van der Waals surface area contributed by atoms with E-state index in [0.29, 0.717) is 0 Å². The summed E-state index contributed by atoms with van der Waals surface area (Å²) in [6.07, 6.45) is 33.0. The second kappa shape index (κ2) is 24.3. The maximum atomic E-state index is 2.45. The molecule has 0 heterocycles. The van der Waals surface area contributed by atoms with Gasteiger partial charge in [0, 0.05) is 0 Å². The van der Waals surface area contributed by atoms with Crippen molar-refractivity contribution in [3.05, 3.63) is 12.2 Å². The van der Waals surface area contributed by atoms with Crippen molar-refractivity contribution in [3.8, 4) is 0 Å². The molecular formula is C30H62N+. The topological polar surface area (TPSA) is 0 Å². The molecule has 31 heavy (non-hydrogen) atoms. The molecule has 0 aliphatic heterocycles. The van der Waals surface area contributed by atoms with E-state index >= 15 is 0 Å². The summed E-state index contributed by atoms with van der Waals surface area (Å²) < 4.78 is 1.43. The predicted molar refractivity (Wildman–Crippen MR) is 144 cm³/mol. The monoisotopic (exact) mass is 436 g/mol. The number of hydrogen-bond donors (Lipinski definition) is 0. The molecule has 0 unspecified atom stereocenters. The second-order valence-electron chi connectivity index (χ2n) is 10.2. The van der Waals surface area contributed by atoms with Gasteiger partial charge in [-0.3, -0.25) is 0 Å². The average molecular weight is 437 g/mol. The number of unbranched alkanes of at least 4 members (excludes halogenated alkanes) is 15. The Hall–Kier alpha value is -0.300. The van der Waals surface area contributed by atoms with Gasteiger partial charge >= 0.3 is 0 Å². The van der Waals surface area contributed by atoms with Gasteiger partial charge in [-0.05, 0) is 57.8 Å². The van der Waals surface area contributed by atoms with E-state index in [1.54, 1.807) is 0 Å². The highest BCUT2D eigenvalue weighted by molar-refractivity contribution is 4.81. The first-order chi connectivity index (χ1) is 15.2. The largest absolute Gasteiger partial charge is 0.324 e. The molecular weight excluding hydrogens is 374 g/mol. The third-order valence-corrected chi connectivity index (χ3v) is 7.10. The van der Waals surface area contributed by atoms with Crippen molar-refractivity contribution < 1.29 is 4.48 Å². The Bertz CT molecular complexity index is 338. The Labute approximate surface area is 199 Å². The summed E-state index contributed by atoms with van der Waals surface area (Å²) in [5, 5.41) is 0. The van der Waals surface area contributed by atoms with Crippen LogP contribution in [-0.4, -0.2) is 30.7 Å². The first-order valence-corrected chi connectivity index (χ1v) is 14.7. The van der Waals surface area contributed by atoms with Gasteiger partial charge in [0.25, 0.3) is 0 Å². The minimum atomic E-state index is 1.31. The van der Waals surface area contributed by atoms with Crippen molar-refractivity contribution in [1.29, 1.82) is 0 Å². The molecule has 0 aliphatic carbocycles. The molecule has 186 valence electrons. The minimum absolute atomic E-state index is 1.31. The van der Waals surface area contributed by atoms with Gasteiger partial charge in [-0.2, -0.15) is 0 Å². The van der Waals surface area contributed by atoms with E-state index < -0.39 is 0 Å². The molecule has 0 aromatic carbocycles. The maximum Gasteiger partial charge on any atom is 0.0786 e. The molecule has 0 aromatic rings. The zero-order chi connectivity index (χ0) is 22.9. The van der Waals surface area contributed by atoms with E-state index in [1.807, 2.05) is 0 Å². The lowest BCUT2D eigenvalue weighted by Gasteiger charge is -2.39. The van der Waals surface area contributed by atoms with Crippen LogP contribution in [0.3, 0.4) is 0 Å². The van der Waals surface area contributed by atoms with Crippen LogP contribution in [0.5, 0.6) is 0 Å². The highest BCUT2D eigenvalue weighted by Gasteiger charge is 2.24. The Morgan fingerprint density at radius 1 is 0.355 bits per heavy atom. The first-order valence-electron chi connectivity index (χ1n) is 14.7. The summed E-state index contributed by atoms with van der Waals surface area (Å²) in [5.74, 6) is 0. The SMILES string of the molecule is CCCCCCCC/C=C\CCCCCCCC[N+](CCCC)(CCCC)CCCC. The smallest absolute Gasteiger partial charge is 0.0786 e. The fourth-order valence-corrected chi connectivity index (χ4v) is 4.85. The first kappa shape index (κ1) is 30.7. The van der Waals surface area contributed by atoms with E-state index in [0.717, 1.165) is 0 Å². The molecule has 0 atom stereocenters. The Morgan fingerprint density at radius 3 is 1.10 bits per heavy atom. The lowest BCUT2D eigenvalue weighted by atomic mass is 10.1. The van der Waals surface area contributed by atoms with Gasteiger partial charge in [-0.25, -0.2) is 0 Å².